The molecule has 1 fully saturated rings. The molecule has 1 aromatic rings. The van der Waals surface area contributed by atoms with Crippen LogP contribution in [-0.2, 0) is 4.79 Å². The summed E-state index contributed by atoms with van der Waals surface area (Å²) in [5.74, 6) is 0.949. The van der Waals surface area contributed by atoms with Crippen molar-refractivity contribution in [2.24, 2.45) is 0 Å². The molecule has 5 heteroatoms. The molecule has 0 spiro atoms. The maximum Gasteiger partial charge on any atom is 0.219 e. The summed E-state index contributed by atoms with van der Waals surface area (Å²) in [7, 11) is 0. The van der Waals surface area contributed by atoms with E-state index in [-0.39, 0.29) is 12.5 Å². The van der Waals surface area contributed by atoms with E-state index >= 15 is 0 Å². The third kappa shape index (κ3) is 5.00. The Bertz CT molecular complexity index is 493. The van der Waals surface area contributed by atoms with Gasteiger partial charge < -0.3 is 14.7 Å². The Balaban J connectivity index is 1.76. The zero-order valence-electron chi connectivity index (χ0n) is 13.5. The van der Waals surface area contributed by atoms with E-state index in [9.17, 15) is 9.90 Å². The highest BCUT2D eigenvalue weighted by molar-refractivity contribution is 5.73. The number of ether oxygens (including phenoxy) is 1. The Labute approximate surface area is 132 Å². The number of aliphatic hydroxyl groups excluding tert-OH is 1. The van der Waals surface area contributed by atoms with E-state index in [0.717, 1.165) is 43.9 Å². The first-order valence-corrected chi connectivity index (χ1v) is 7.90. The second-order valence-electron chi connectivity index (χ2n) is 5.89. The Morgan fingerprint density at radius 3 is 2.77 bits per heavy atom. The zero-order valence-corrected chi connectivity index (χ0v) is 13.5. The Hall–Kier alpha value is -1.59. The molecule has 1 heterocycles. The maximum absolute atomic E-state index is 11.4. The molecule has 1 atom stereocenters. The molecule has 2 rings (SSSR count). The van der Waals surface area contributed by atoms with E-state index in [1.165, 1.54) is 0 Å². The summed E-state index contributed by atoms with van der Waals surface area (Å²) >= 11 is 0. The van der Waals surface area contributed by atoms with Crippen LogP contribution < -0.4 is 4.74 Å². The van der Waals surface area contributed by atoms with E-state index < -0.39 is 6.10 Å². The third-order valence-electron chi connectivity index (χ3n) is 4.03. The molecule has 1 N–H and O–H groups in total. The van der Waals surface area contributed by atoms with Gasteiger partial charge in [0, 0.05) is 33.1 Å². The van der Waals surface area contributed by atoms with Gasteiger partial charge in [0.15, 0.2) is 0 Å². The summed E-state index contributed by atoms with van der Waals surface area (Å²) in [6.45, 7) is 7.73. The summed E-state index contributed by atoms with van der Waals surface area (Å²) in [4.78, 5) is 15.5. The largest absolute Gasteiger partial charge is 0.491 e. The van der Waals surface area contributed by atoms with Crippen molar-refractivity contribution in [2.75, 3.05) is 39.3 Å². The molecule has 0 saturated carbocycles. The molecule has 5 nitrogen and oxygen atoms in total. The fraction of sp³-hybridized carbons (Fsp3) is 0.588. The van der Waals surface area contributed by atoms with Crippen molar-refractivity contribution in [3.8, 4) is 5.75 Å². The molecule has 1 aliphatic heterocycles. The lowest BCUT2D eigenvalue weighted by molar-refractivity contribution is -0.128. The molecule has 1 aliphatic rings. The monoisotopic (exact) mass is 306 g/mol. The number of β-amino-alcohol motifs (C(OH)–C–C–N with tert-alkyl or cyclic N) is 1. The molecule has 0 radical (unpaired) electrons. The minimum Gasteiger partial charge on any atom is -0.491 e. The van der Waals surface area contributed by atoms with E-state index in [2.05, 4.69) is 4.90 Å². The topological polar surface area (TPSA) is 53.0 Å². The summed E-state index contributed by atoms with van der Waals surface area (Å²) in [6, 6.07) is 7.81. The third-order valence-corrected chi connectivity index (χ3v) is 4.03. The van der Waals surface area contributed by atoms with Gasteiger partial charge in [-0.25, -0.2) is 0 Å². The van der Waals surface area contributed by atoms with E-state index in [1.54, 1.807) is 6.92 Å². The second kappa shape index (κ2) is 8.15. The van der Waals surface area contributed by atoms with Gasteiger partial charge in [-0.2, -0.15) is 0 Å². The number of aryl methyl sites for hydroxylation is 1. The van der Waals surface area contributed by atoms with Gasteiger partial charge in [-0.3, -0.25) is 9.69 Å². The molecule has 0 bridgehead atoms. The average molecular weight is 306 g/mol. The number of amides is 1. The van der Waals surface area contributed by atoms with Crippen LogP contribution in [-0.4, -0.2) is 66.2 Å². The van der Waals surface area contributed by atoms with Crippen molar-refractivity contribution in [2.45, 2.75) is 26.4 Å². The quantitative estimate of drug-likeness (QED) is 0.890. The predicted octanol–water partition coefficient (Wildman–Crippen LogP) is 1.29. The number of hydrogen-bond acceptors (Lipinski definition) is 4. The molecule has 0 aromatic heterocycles. The predicted molar refractivity (Wildman–Crippen MR) is 86.0 cm³/mol. The van der Waals surface area contributed by atoms with Crippen molar-refractivity contribution in [1.29, 1.82) is 0 Å². The standard InChI is InChI=1S/C17H26N2O3/c1-14-6-3-4-7-17(14)22-13-16(21)12-18-8-5-9-19(11-10-18)15(2)20/h3-4,6-7,16,21H,5,8-13H2,1-2H3. The van der Waals surface area contributed by atoms with Crippen LogP contribution in [0.3, 0.4) is 0 Å². The lowest BCUT2D eigenvalue weighted by atomic mass is 10.2. The first kappa shape index (κ1) is 16.8. The van der Waals surface area contributed by atoms with Gasteiger partial charge in [-0.1, -0.05) is 18.2 Å². The highest BCUT2D eigenvalue weighted by Crippen LogP contribution is 2.16. The van der Waals surface area contributed by atoms with Crippen molar-refractivity contribution in [3.63, 3.8) is 0 Å². The van der Waals surface area contributed by atoms with Crippen LogP contribution in [0.4, 0.5) is 0 Å². The number of hydrogen-bond donors (Lipinski definition) is 1. The highest BCUT2D eigenvalue weighted by Gasteiger charge is 2.19. The molecule has 1 saturated heterocycles. The molecule has 1 aromatic carbocycles. The van der Waals surface area contributed by atoms with E-state index in [4.69, 9.17) is 4.74 Å². The Kier molecular flexibility index (Phi) is 6.21. The normalized spacial score (nSPS) is 17.9. The number of rotatable bonds is 5. The molecule has 122 valence electrons. The summed E-state index contributed by atoms with van der Waals surface area (Å²) in [5.41, 5.74) is 1.07. The first-order valence-electron chi connectivity index (χ1n) is 7.90. The van der Waals surface area contributed by atoms with Crippen LogP contribution >= 0.6 is 0 Å². The average Bonchev–Trinajstić information content (AvgIpc) is 2.72. The van der Waals surface area contributed by atoms with E-state index in [1.807, 2.05) is 36.1 Å². The molecular formula is C17H26N2O3. The van der Waals surface area contributed by atoms with Crippen LogP contribution in [0.2, 0.25) is 0 Å². The van der Waals surface area contributed by atoms with Gasteiger partial charge >= 0.3 is 0 Å². The van der Waals surface area contributed by atoms with Crippen LogP contribution in [0.1, 0.15) is 18.9 Å². The van der Waals surface area contributed by atoms with Gasteiger partial charge in [-0.15, -0.1) is 0 Å². The second-order valence-corrected chi connectivity index (χ2v) is 5.89. The number of aliphatic hydroxyl groups is 1. The lowest BCUT2D eigenvalue weighted by Gasteiger charge is -2.24. The van der Waals surface area contributed by atoms with Crippen LogP contribution in [0.25, 0.3) is 0 Å². The summed E-state index contributed by atoms with van der Waals surface area (Å²) in [5, 5.41) is 10.2. The van der Waals surface area contributed by atoms with Gasteiger partial charge in [0.1, 0.15) is 18.5 Å². The van der Waals surface area contributed by atoms with Crippen molar-refractivity contribution < 1.29 is 14.6 Å². The number of benzene rings is 1. The van der Waals surface area contributed by atoms with Gasteiger partial charge in [-0.05, 0) is 31.5 Å². The molecule has 1 unspecified atom stereocenters. The van der Waals surface area contributed by atoms with Crippen molar-refractivity contribution in [1.82, 2.24) is 9.80 Å². The van der Waals surface area contributed by atoms with Crippen molar-refractivity contribution in [3.05, 3.63) is 29.8 Å². The lowest BCUT2D eigenvalue weighted by Crippen LogP contribution is -2.38. The van der Waals surface area contributed by atoms with E-state index in [0.29, 0.717) is 6.54 Å². The van der Waals surface area contributed by atoms with Crippen LogP contribution in [0.5, 0.6) is 5.75 Å². The molecular weight excluding hydrogens is 280 g/mol. The fourth-order valence-electron chi connectivity index (χ4n) is 2.72. The smallest absolute Gasteiger partial charge is 0.219 e. The number of nitrogens with zero attached hydrogens (tertiary/aromatic N) is 2. The summed E-state index contributed by atoms with van der Waals surface area (Å²) < 4.78 is 5.69. The van der Waals surface area contributed by atoms with Crippen LogP contribution in [0.15, 0.2) is 24.3 Å². The summed E-state index contributed by atoms with van der Waals surface area (Å²) in [6.07, 6.45) is 0.425. The number of para-hydroxylation sites is 1. The van der Waals surface area contributed by atoms with Crippen LogP contribution in [0, 0.1) is 6.92 Å². The first-order chi connectivity index (χ1) is 10.6. The highest BCUT2D eigenvalue weighted by atomic mass is 16.5. The minimum atomic E-state index is -0.525. The Morgan fingerprint density at radius 2 is 2.05 bits per heavy atom. The molecule has 0 aliphatic carbocycles. The fourth-order valence-corrected chi connectivity index (χ4v) is 2.72. The van der Waals surface area contributed by atoms with Gasteiger partial charge in [0.2, 0.25) is 5.91 Å². The van der Waals surface area contributed by atoms with Gasteiger partial charge in [0.05, 0.1) is 0 Å². The molecule has 22 heavy (non-hydrogen) atoms. The van der Waals surface area contributed by atoms with Gasteiger partial charge in [0.25, 0.3) is 0 Å². The zero-order chi connectivity index (χ0) is 15.9. The maximum atomic E-state index is 11.4. The molecule has 1 amide bonds. The Morgan fingerprint density at radius 1 is 1.27 bits per heavy atom. The number of carbonyl (C=O) groups is 1. The SMILES string of the molecule is CC(=O)N1CCCN(CC(O)COc2ccccc2C)CC1. The number of carbonyl (C=O) groups excluding carboxylic acids is 1. The minimum absolute atomic E-state index is 0.130. The van der Waals surface area contributed by atoms with Crippen molar-refractivity contribution >= 4 is 5.91 Å².